The first kappa shape index (κ1) is 11.8. The van der Waals surface area contributed by atoms with Crippen LogP contribution in [0.2, 0.25) is 6.32 Å². The largest absolute Gasteiger partial charge is 0.325 e. The van der Waals surface area contributed by atoms with Crippen LogP contribution in [0.25, 0.3) is 0 Å². The fraction of sp³-hybridized carbons (Fsp3) is 0.455. The molecule has 4 heteroatoms. The van der Waals surface area contributed by atoms with Crippen molar-refractivity contribution in [3.8, 4) is 0 Å². The molecule has 1 aromatic heterocycles. The minimum atomic E-state index is -0.363. The molecule has 1 N–H and O–H groups in total. The van der Waals surface area contributed by atoms with Gasteiger partial charge in [0.15, 0.2) is 5.78 Å². The van der Waals surface area contributed by atoms with Gasteiger partial charge in [-0.15, -0.1) is 0 Å². The van der Waals surface area contributed by atoms with Crippen LogP contribution >= 0.6 is 0 Å². The summed E-state index contributed by atoms with van der Waals surface area (Å²) < 4.78 is 0. The Morgan fingerprint density at radius 3 is 2.40 bits per heavy atom. The number of ketones is 1. The Morgan fingerprint density at radius 1 is 1.40 bits per heavy atom. The summed E-state index contributed by atoms with van der Waals surface area (Å²) in [6.45, 7) is 5.97. The molecular weight excluding hydrogens is 189 g/mol. The van der Waals surface area contributed by atoms with Gasteiger partial charge < -0.3 is 4.98 Å². The van der Waals surface area contributed by atoms with Crippen LogP contribution in [0.3, 0.4) is 0 Å². The second-order valence-corrected chi connectivity index (χ2v) is 4.49. The minimum absolute atomic E-state index is 0.130. The molecule has 78 valence electrons. The summed E-state index contributed by atoms with van der Waals surface area (Å²) in [6, 6.07) is 3.29. The number of hydrogen-bond donors (Lipinski definition) is 1. The van der Waals surface area contributed by atoms with Crippen LogP contribution in [-0.4, -0.2) is 18.6 Å². The summed E-state index contributed by atoms with van der Waals surface area (Å²) >= 11 is 0. The summed E-state index contributed by atoms with van der Waals surface area (Å²) in [7, 11) is 5.19. The molecule has 0 aromatic carbocycles. The van der Waals surface area contributed by atoms with Crippen LogP contribution in [0.15, 0.2) is 16.9 Å². The lowest BCUT2D eigenvalue weighted by atomic mass is 9.90. The molecule has 0 spiro atoms. The van der Waals surface area contributed by atoms with Gasteiger partial charge in [0, 0.05) is 11.1 Å². The van der Waals surface area contributed by atoms with E-state index in [9.17, 15) is 9.59 Å². The van der Waals surface area contributed by atoms with Gasteiger partial charge in [-0.3, -0.25) is 9.59 Å². The zero-order chi connectivity index (χ0) is 11.6. The van der Waals surface area contributed by atoms with E-state index in [4.69, 9.17) is 7.85 Å². The number of Topliss-reactive ketones (excluding diaryl/α,β-unsaturated/α-hetero) is 1. The molecule has 1 aromatic rings. The van der Waals surface area contributed by atoms with Gasteiger partial charge in [-0.2, -0.15) is 0 Å². The van der Waals surface area contributed by atoms with Gasteiger partial charge in [0.05, 0.1) is 13.4 Å². The maximum Gasteiger partial charge on any atom is 0.259 e. The average molecular weight is 203 g/mol. The Morgan fingerprint density at radius 2 is 2.00 bits per heavy atom. The number of nitrogens with one attached hydrogen (secondary N) is 1. The third kappa shape index (κ3) is 2.58. The second-order valence-electron chi connectivity index (χ2n) is 4.49. The van der Waals surface area contributed by atoms with Crippen molar-refractivity contribution in [2.75, 3.05) is 0 Å². The summed E-state index contributed by atoms with van der Waals surface area (Å²) in [4.78, 5) is 25.5. The molecule has 0 bridgehead atoms. The van der Waals surface area contributed by atoms with Crippen LogP contribution in [0.5, 0.6) is 0 Å². The van der Waals surface area contributed by atoms with Gasteiger partial charge in [-0.25, -0.2) is 0 Å². The van der Waals surface area contributed by atoms with Crippen LogP contribution in [0.1, 0.15) is 36.8 Å². The number of rotatable bonds is 2. The predicted octanol–water partition coefficient (Wildman–Crippen LogP) is 1.44. The summed E-state index contributed by atoms with van der Waals surface area (Å²) in [5, 5.41) is 0. The summed E-state index contributed by atoms with van der Waals surface area (Å²) in [6.07, 6.45) is -0.141. The van der Waals surface area contributed by atoms with Crippen LogP contribution in [0, 0.1) is 0 Å². The van der Waals surface area contributed by atoms with Gasteiger partial charge in [-0.1, -0.05) is 20.8 Å². The maximum absolute atomic E-state index is 11.6. The molecule has 0 fully saturated rings. The van der Waals surface area contributed by atoms with E-state index in [1.54, 1.807) is 6.07 Å². The first-order valence-electron chi connectivity index (χ1n) is 4.83. The molecule has 2 radical (unpaired) electrons. The van der Waals surface area contributed by atoms with E-state index in [1.165, 1.54) is 6.07 Å². The first-order chi connectivity index (χ1) is 6.86. The van der Waals surface area contributed by atoms with Crippen molar-refractivity contribution in [3.05, 3.63) is 33.7 Å². The van der Waals surface area contributed by atoms with E-state index in [-0.39, 0.29) is 28.6 Å². The van der Waals surface area contributed by atoms with Gasteiger partial charge in [0.25, 0.3) is 5.56 Å². The molecule has 1 rings (SSSR count). The van der Waals surface area contributed by atoms with Crippen molar-refractivity contribution in [1.82, 2.24) is 4.98 Å². The van der Waals surface area contributed by atoms with Crippen molar-refractivity contribution < 1.29 is 4.79 Å². The van der Waals surface area contributed by atoms with Crippen molar-refractivity contribution >= 4 is 13.6 Å². The standard InChI is InChI=1S/C11H14BNO2/c1-11(2,3)9-5-4-7(8(14)6-12)10(15)13-9/h4-5H,6H2,1-3H3,(H,13,15). The quantitative estimate of drug-likeness (QED) is 0.584. The average Bonchev–Trinajstić information content (AvgIpc) is 2.15. The highest BCUT2D eigenvalue weighted by molar-refractivity contribution is 6.23. The smallest absolute Gasteiger partial charge is 0.259 e. The SMILES string of the molecule is [B]CC(=O)c1ccc(C(C)(C)C)[nH]c1=O. The highest BCUT2D eigenvalue weighted by atomic mass is 16.1. The van der Waals surface area contributed by atoms with E-state index in [2.05, 4.69) is 4.98 Å². The molecule has 0 aliphatic heterocycles. The van der Waals surface area contributed by atoms with Crippen molar-refractivity contribution in [2.24, 2.45) is 0 Å². The lowest BCUT2D eigenvalue weighted by Crippen LogP contribution is -2.23. The lowest BCUT2D eigenvalue weighted by molar-refractivity contribution is 0.101. The van der Waals surface area contributed by atoms with E-state index in [1.807, 2.05) is 20.8 Å². The normalized spacial score (nSPS) is 11.4. The van der Waals surface area contributed by atoms with Crippen LogP contribution < -0.4 is 5.56 Å². The number of carbonyl (C=O) groups excluding carboxylic acids is 1. The summed E-state index contributed by atoms with van der Waals surface area (Å²) in [5.41, 5.74) is 0.438. The Hall–Kier alpha value is -1.32. The molecule has 0 aliphatic carbocycles. The number of H-pyrrole nitrogens is 1. The maximum atomic E-state index is 11.6. The van der Waals surface area contributed by atoms with Gasteiger partial charge in [0.2, 0.25) is 0 Å². The molecule has 3 nitrogen and oxygen atoms in total. The van der Waals surface area contributed by atoms with Crippen molar-refractivity contribution in [3.63, 3.8) is 0 Å². The van der Waals surface area contributed by atoms with Crippen molar-refractivity contribution in [1.29, 1.82) is 0 Å². The van der Waals surface area contributed by atoms with E-state index in [0.29, 0.717) is 0 Å². The Kier molecular flexibility index (Phi) is 3.17. The topological polar surface area (TPSA) is 49.9 Å². The zero-order valence-corrected chi connectivity index (χ0v) is 9.26. The van der Waals surface area contributed by atoms with Gasteiger partial charge in [-0.05, 0) is 18.5 Å². The van der Waals surface area contributed by atoms with Gasteiger partial charge >= 0.3 is 0 Å². The number of aromatic amines is 1. The number of pyridine rings is 1. The molecular formula is C11H14BNO2. The second kappa shape index (κ2) is 4.05. The monoisotopic (exact) mass is 203 g/mol. The van der Waals surface area contributed by atoms with E-state index >= 15 is 0 Å². The van der Waals surface area contributed by atoms with E-state index < -0.39 is 0 Å². The summed E-state index contributed by atoms with van der Waals surface area (Å²) in [5.74, 6) is -0.336. The Bertz CT molecular complexity index is 429. The highest BCUT2D eigenvalue weighted by Gasteiger charge is 2.16. The third-order valence-electron chi connectivity index (χ3n) is 2.20. The first-order valence-corrected chi connectivity index (χ1v) is 4.83. The molecule has 0 saturated heterocycles. The molecule has 0 aliphatic rings. The number of aromatic nitrogens is 1. The molecule has 0 amide bonds. The Labute approximate surface area is 90.3 Å². The lowest BCUT2D eigenvalue weighted by Gasteiger charge is -2.18. The molecule has 1 heterocycles. The van der Waals surface area contributed by atoms with Crippen LogP contribution in [-0.2, 0) is 5.41 Å². The van der Waals surface area contributed by atoms with Gasteiger partial charge in [0.1, 0.15) is 0 Å². The van der Waals surface area contributed by atoms with Crippen molar-refractivity contribution in [2.45, 2.75) is 32.5 Å². The third-order valence-corrected chi connectivity index (χ3v) is 2.20. The Balaban J connectivity index is 3.21. The number of carbonyl (C=O) groups is 1. The fourth-order valence-electron chi connectivity index (χ4n) is 1.24. The zero-order valence-electron chi connectivity index (χ0n) is 9.26. The molecule has 0 saturated carbocycles. The molecule has 0 unspecified atom stereocenters. The highest BCUT2D eigenvalue weighted by Crippen LogP contribution is 2.18. The van der Waals surface area contributed by atoms with E-state index in [0.717, 1.165) is 5.69 Å². The predicted molar refractivity (Wildman–Crippen MR) is 60.7 cm³/mol. The number of hydrogen-bond acceptors (Lipinski definition) is 2. The van der Waals surface area contributed by atoms with Crippen LogP contribution in [0.4, 0.5) is 0 Å². The molecule has 15 heavy (non-hydrogen) atoms. The fourth-order valence-corrected chi connectivity index (χ4v) is 1.24. The minimum Gasteiger partial charge on any atom is -0.325 e. The molecule has 0 atom stereocenters.